The van der Waals surface area contributed by atoms with Crippen molar-refractivity contribution in [3.63, 3.8) is 0 Å². The van der Waals surface area contributed by atoms with Crippen LogP contribution >= 0.6 is 0 Å². The molecule has 6 heteroatoms. The molecule has 0 fully saturated rings. The average molecular weight is 303 g/mol. The maximum atomic E-state index is 13.2. The number of benzene rings is 1. The van der Waals surface area contributed by atoms with Gasteiger partial charge in [0.25, 0.3) is 0 Å². The minimum atomic E-state index is -4.34. The zero-order valence-corrected chi connectivity index (χ0v) is 13.1. The van der Waals surface area contributed by atoms with Crippen molar-refractivity contribution in [1.29, 1.82) is 0 Å². The van der Waals surface area contributed by atoms with Crippen LogP contribution in [0.3, 0.4) is 0 Å². The van der Waals surface area contributed by atoms with E-state index in [1.54, 1.807) is 31.1 Å². The number of hydrogen-bond acceptors (Lipinski definition) is 3. The third-order valence-corrected chi connectivity index (χ3v) is 3.26. The molecule has 0 bridgehead atoms. The standard InChI is InChI=1S/C15H24F3N3/c1-19-11-12-6-7-14(13(10-12)15(16,17)18)21(4)9-5-8-20(2)3/h6-7,10,19H,5,8-9,11H2,1-4H3. The van der Waals surface area contributed by atoms with Gasteiger partial charge in [0, 0.05) is 25.8 Å². The van der Waals surface area contributed by atoms with E-state index in [1.807, 2.05) is 19.0 Å². The first-order valence-electron chi connectivity index (χ1n) is 6.96. The zero-order valence-electron chi connectivity index (χ0n) is 13.1. The van der Waals surface area contributed by atoms with Crippen LogP contribution in [0.15, 0.2) is 18.2 Å². The first-order valence-corrected chi connectivity index (χ1v) is 6.96. The topological polar surface area (TPSA) is 18.5 Å². The predicted molar refractivity (Wildman–Crippen MR) is 80.6 cm³/mol. The molecule has 1 aromatic rings. The SMILES string of the molecule is CNCc1ccc(N(C)CCCN(C)C)c(C(F)(F)F)c1. The molecule has 0 radical (unpaired) electrons. The quantitative estimate of drug-likeness (QED) is 0.835. The van der Waals surface area contributed by atoms with Crippen molar-refractivity contribution in [2.24, 2.45) is 0 Å². The molecule has 1 N–H and O–H groups in total. The van der Waals surface area contributed by atoms with Crippen LogP contribution in [0.1, 0.15) is 17.5 Å². The van der Waals surface area contributed by atoms with Crippen molar-refractivity contribution < 1.29 is 13.2 Å². The van der Waals surface area contributed by atoms with Crippen molar-refractivity contribution in [2.75, 3.05) is 46.2 Å². The molecule has 0 heterocycles. The van der Waals surface area contributed by atoms with Gasteiger partial charge < -0.3 is 15.1 Å². The molecule has 0 amide bonds. The highest BCUT2D eigenvalue weighted by Crippen LogP contribution is 2.37. The smallest absolute Gasteiger partial charge is 0.374 e. The monoisotopic (exact) mass is 303 g/mol. The van der Waals surface area contributed by atoms with E-state index in [9.17, 15) is 13.2 Å². The summed E-state index contributed by atoms with van der Waals surface area (Å²) in [6.07, 6.45) is -3.52. The molecule has 120 valence electrons. The van der Waals surface area contributed by atoms with Gasteiger partial charge in [-0.3, -0.25) is 0 Å². The molecular weight excluding hydrogens is 279 g/mol. The Morgan fingerprint density at radius 2 is 1.76 bits per heavy atom. The van der Waals surface area contributed by atoms with Crippen LogP contribution in [0.2, 0.25) is 0 Å². The lowest BCUT2D eigenvalue weighted by Crippen LogP contribution is -2.25. The first-order chi connectivity index (χ1) is 9.75. The summed E-state index contributed by atoms with van der Waals surface area (Å²) in [5.74, 6) is 0. The summed E-state index contributed by atoms with van der Waals surface area (Å²) in [6.45, 7) is 1.86. The van der Waals surface area contributed by atoms with Crippen LogP contribution in [-0.2, 0) is 12.7 Å². The molecule has 0 aliphatic rings. The third-order valence-electron chi connectivity index (χ3n) is 3.26. The number of nitrogens with one attached hydrogen (secondary N) is 1. The average Bonchev–Trinajstić information content (AvgIpc) is 2.37. The summed E-state index contributed by atoms with van der Waals surface area (Å²) in [7, 11) is 7.33. The summed E-state index contributed by atoms with van der Waals surface area (Å²) < 4.78 is 39.7. The van der Waals surface area contributed by atoms with Crippen LogP contribution < -0.4 is 10.2 Å². The molecule has 0 unspecified atom stereocenters. The Kier molecular flexibility index (Phi) is 6.48. The van der Waals surface area contributed by atoms with Crippen molar-refractivity contribution >= 4 is 5.69 Å². The number of rotatable bonds is 7. The van der Waals surface area contributed by atoms with Gasteiger partial charge in [-0.15, -0.1) is 0 Å². The number of alkyl halides is 3. The van der Waals surface area contributed by atoms with Crippen molar-refractivity contribution in [3.8, 4) is 0 Å². The summed E-state index contributed by atoms with van der Waals surface area (Å²) in [5, 5.41) is 2.87. The van der Waals surface area contributed by atoms with Gasteiger partial charge in [0.1, 0.15) is 0 Å². The number of hydrogen-bond donors (Lipinski definition) is 1. The van der Waals surface area contributed by atoms with Gasteiger partial charge in [-0.1, -0.05) is 6.07 Å². The van der Waals surface area contributed by atoms with Gasteiger partial charge >= 0.3 is 6.18 Å². The molecule has 0 saturated heterocycles. The molecule has 0 spiro atoms. The lowest BCUT2D eigenvalue weighted by Gasteiger charge is -2.25. The van der Waals surface area contributed by atoms with Crippen LogP contribution in [0.25, 0.3) is 0 Å². The number of anilines is 1. The van der Waals surface area contributed by atoms with E-state index in [1.165, 1.54) is 6.07 Å². The van der Waals surface area contributed by atoms with Gasteiger partial charge in [0.2, 0.25) is 0 Å². The molecule has 0 aliphatic heterocycles. The Labute approximate surface area is 124 Å². The van der Waals surface area contributed by atoms with E-state index < -0.39 is 11.7 Å². The minimum absolute atomic E-state index is 0.237. The van der Waals surface area contributed by atoms with E-state index in [0.717, 1.165) is 13.0 Å². The first kappa shape index (κ1) is 17.8. The van der Waals surface area contributed by atoms with Crippen LogP contribution in [0, 0.1) is 0 Å². The minimum Gasteiger partial charge on any atom is -0.374 e. The normalized spacial score (nSPS) is 12.0. The van der Waals surface area contributed by atoms with Gasteiger partial charge in [-0.2, -0.15) is 13.2 Å². The maximum absolute atomic E-state index is 13.2. The van der Waals surface area contributed by atoms with Crippen molar-refractivity contribution in [2.45, 2.75) is 19.1 Å². The zero-order chi connectivity index (χ0) is 16.0. The van der Waals surface area contributed by atoms with E-state index in [-0.39, 0.29) is 5.69 Å². The highest BCUT2D eigenvalue weighted by atomic mass is 19.4. The van der Waals surface area contributed by atoms with Crippen molar-refractivity contribution in [1.82, 2.24) is 10.2 Å². The third kappa shape index (κ3) is 5.55. The van der Waals surface area contributed by atoms with Gasteiger partial charge in [-0.05, 0) is 51.8 Å². The largest absolute Gasteiger partial charge is 0.418 e. The van der Waals surface area contributed by atoms with Gasteiger partial charge in [0.05, 0.1) is 5.56 Å². The summed E-state index contributed by atoms with van der Waals surface area (Å²) in [5.41, 5.74) is 0.305. The van der Waals surface area contributed by atoms with Crippen LogP contribution in [0.4, 0.5) is 18.9 Å². The molecule has 1 aromatic carbocycles. The fourth-order valence-corrected chi connectivity index (χ4v) is 2.20. The Hall–Kier alpha value is -1.27. The molecule has 0 atom stereocenters. The molecule has 0 aliphatic carbocycles. The van der Waals surface area contributed by atoms with Gasteiger partial charge in [0.15, 0.2) is 0 Å². The van der Waals surface area contributed by atoms with E-state index in [2.05, 4.69) is 5.32 Å². The second kappa shape index (κ2) is 7.66. The van der Waals surface area contributed by atoms with Crippen LogP contribution in [0.5, 0.6) is 0 Å². The predicted octanol–water partition coefficient (Wildman–Crippen LogP) is 2.81. The van der Waals surface area contributed by atoms with Crippen LogP contribution in [-0.4, -0.2) is 46.2 Å². The number of nitrogens with zero attached hydrogens (tertiary/aromatic N) is 2. The Balaban J connectivity index is 2.94. The van der Waals surface area contributed by atoms with Gasteiger partial charge in [-0.25, -0.2) is 0 Å². The molecule has 3 nitrogen and oxygen atoms in total. The highest BCUT2D eigenvalue weighted by molar-refractivity contribution is 5.56. The maximum Gasteiger partial charge on any atom is 0.418 e. The second-order valence-corrected chi connectivity index (χ2v) is 5.46. The lowest BCUT2D eigenvalue weighted by molar-refractivity contribution is -0.137. The van der Waals surface area contributed by atoms with E-state index >= 15 is 0 Å². The summed E-state index contributed by atoms with van der Waals surface area (Å²) in [4.78, 5) is 3.70. The Morgan fingerprint density at radius 3 is 2.29 bits per heavy atom. The molecular formula is C15H24F3N3. The Morgan fingerprint density at radius 1 is 1.10 bits per heavy atom. The molecule has 0 aromatic heterocycles. The lowest BCUT2D eigenvalue weighted by atomic mass is 10.1. The fraction of sp³-hybridized carbons (Fsp3) is 0.600. The number of halogens is 3. The highest BCUT2D eigenvalue weighted by Gasteiger charge is 2.34. The second-order valence-electron chi connectivity index (χ2n) is 5.46. The van der Waals surface area contributed by atoms with E-state index in [4.69, 9.17) is 0 Å². The molecule has 21 heavy (non-hydrogen) atoms. The summed E-state index contributed by atoms with van der Waals surface area (Å²) >= 11 is 0. The summed E-state index contributed by atoms with van der Waals surface area (Å²) in [6, 6.07) is 4.53. The van der Waals surface area contributed by atoms with Crippen molar-refractivity contribution in [3.05, 3.63) is 29.3 Å². The molecule has 0 saturated carbocycles. The van der Waals surface area contributed by atoms with E-state index in [0.29, 0.717) is 18.7 Å². The molecule has 1 rings (SSSR count). The Bertz CT molecular complexity index is 444. The fourth-order valence-electron chi connectivity index (χ4n) is 2.20.